The number of ether oxygens (including phenoxy) is 1. The van der Waals surface area contributed by atoms with Gasteiger partial charge in [0.05, 0.1) is 35.5 Å². The predicted molar refractivity (Wildman–Crippen MR) is 120 cm³/mol. The summed E-state index contributed by atoms with van der Waals surface area (Å²) >= 11 is 2.51. The van der Waals surface area contributed by atoms with E-state index in [1.165, 1.54) is 22.2 Å². The van der Waals surface area contributed by atoms with Crippen molar-refractivity contribution in [2.75, 3.05) is 11.3 Å². The number of hydrogen-bond acceptors (Lipinski definition) is 8. The zero-order valence-electron chi connectivity index (χ0n) is 16.4. The monoisotopic (exact) mass is 474 g/mol. The van der Waals surface area contributed by atoms with Gasteiger partial charge in [-0.15, -0.1) is 22.7 Å². The van der Waals surface area contributed by atoms with Crippen LogP contribution in [-0.2, 0) is 26.0 Å². The van der Waals surface area contributed by atoms with Crippen LogP contribution in [-0.4, -0.2) is 35.8 Å². The number of anilines is 1. The SMILES string of the molecule is CCOC(=O)Cc1csc(NS(=O)(=O)c2cn(-c3ccccc3)nc2-c2cccs2)n1. The molecule has 0 aliphatic heterocycles. The number of carbonyl (C=O) groups is 1. The van der Waals surface area contributed by atoms with Crippen molar-refractivity contribution >= 4 is 43.8 Å². The lowest BCUT2D eigenvalue weighted by atomic mass is 10.3. The van der Waals surface area contributed by atoms with Crippen molar-refractivity contribution in [3.63, 3.8) is 0 Å². The molecule has 1 N–H and O–H groups in total. The molecule has 0 aliphatic rings. The molecule has 0 spiro atoms. The van der Waals surface area contributed by atoms with Gasteiger partial charge in [0, 0.05) is 5.38 Å². The van der Waals surface area contributed by atoms with E-state index in [1.807, 2.05) is 47.8 Å². The van der Waals surface area contributed by atoms with E-state index in [2.05, 4.69) is 14.8 Å². The number of carbonyl (C=O) groups excluding carboxylic acids is 1. The standard InChI is InChI=1S/C20H18N4O4S3/c1-2-28-18(25)11-14-13-30-20(21-14)23-31(26,27)17-12-24(15-7-4-3-5-8-15)22-19(17)16-9-6-10-29-16/h3-10,12-13H,2,11H2,1H3,(H,21,23). The van der Waals surface area contributed by atoms with Crippen LogP contribution in [0.1, 0.15) is 12.6 Å². The quantitative estimate of drug-likeness (QED) is 0.388. The Morgan fingerprint density at radius 1 is 1.16 bits per heavy atom. The number of para-hydroxylation sites is 1. The van der Waals surface area contributed by atoms with Crippen molar-refractivity contribution in [1.82, 2.24) is 14.8 Å². The fraction of sp³-hybridized carbons (Fsp3) is 0.150. The number of sulfonamides is 1. The first-order valence-corrected chi connectivity index (χ1v) is 12.5. The lowest BCUT2D eigenvalue weighted by Gasteiger charge is -2.04. The zero-order chi connectivity index (χ0) is 21.8. The number of thiazole rings is 1. The molecule has 31 heavy (non-hydrogen) atoms. The van der Waals surface area contributed by atoms with Crippen LogP contribution >= 0.6 is 22.7 Å². The number of hydrogen-bond donors (Lipinski definition) is 1. The van der Waals surface area contributed by atoms with Crippen LogP contribution in [0.5, 0.6) is 0 Å². The van der Waals surface area contributed by atoms with E-state index in [0.717, 1.165) is 21.9 Å². The Hall–Kier alpha value is -3.02. The minimum Gasteiger partial charge on any atom is -0.466 e. The summed E-state index contributed by atoms with van der Waals surface area (Å²) in [6.07, 6.45) is 1.47. The molecule has 0 aliphatic carbocycles. The summed E-state index contributed by atoms with van der Waals surface area (Å²) in [6.45, 7) is 2.00. The molecular weight excluding hydrogens is 456 g/mol. The average molecular weight is 475 g/mol. The zero-order valence-corrected chi connectivity index (χ0v) is 18.8. The maximum absolute atomic E-state index is 13.2. The van der Waals surface area contributed by atoms with Crippen LogP contribution in [0.2, 0.25) is 0 Å². The second-order valence-corrected chi connectivity index (χ2v) is 9.79. The molecule has 0 saturated heterocycles. The van der Waals surface area contributed by atoms with Crippen LogP contribution in [0.3, 0.4) is 0 Å². The number of aromatic nitrogens is 3. The first kappa shape index (κ1) is 21.2. The Balaban J connectivity index is 1.65. The summed E-state index contributed by atoms with van der Waals surface area (Å²) in [7, 11) is -3.98. The van der Waals surface area contributed by atoms with Gasteiger partial charge in [0.15, 0.2) is 5.13 Å². The molecule has 0 fully saturated rings. The maximum Gasteiger partial charge on any atom is 0.311 e. The lowest BCUT2D eigenvalue weighted by Crippen LogP contribution is -2.13. The van der Waals surface area contributed by atoms with Crippen molar-refractivity contribution in [1.29, 1.82) is 0 Å². The Morgan fingerprint density at radius 3 is 2.68 bits per heavy atom. The number of rotatable bonds is 8. The molecule has 0 atom stereocenters. The Morgan fingerprint density at radius 2 is 1.97 bits per heavy atom. The molecular formula is C20H18N4O4S3. The topological polar surface area (TPSA) is 103 Å². The Bertz CT molecular complexity index is 1280. The summed E-state index contributed by atoms with van der Waals surface area (Å²) in [6, 6.07) is 12.9. The predicted octanol–water partition coefficient (Wildman–Crippen LogP) is 3.96. The largest absolute Gasteiger partial charge is 0.466 e. The summed E-state index contributed by atoms with van der Waals surface area (Å²) in [5, 5.41) is 8.19. The summed E-state index contributed by atoms with van der Waals surface area (Å²) in [5.74, 6) is -0.411. The van der Waals surface area contributed by atoms with E-state index >= 15 is 0 Å². The third-order valence-electron chi connectivity index (χ3n) is 4.15. The number of thiophene rings is 1. The van der Waals surface area contributed by atoms with Crippen LogP contribution in [0.4, 0.5) is 5.13 Å². The van der Waals surface area contributed by atoms with Crippen molar-refractivity contribution in [3.8, 4) is 16.3 Å². The molecule has 4 aromatic rings. The molecule has 0 saturated carbocycles. The third-order valence-corrected chi connectivity index (χ3v) is 7.30. The van der Waals surface area contributed by atoms with Gasteiger partial charge in [0.2, 0.25) is 0 Å². The third kappa shape index (κ3) is 4.84. The number of nitrogens with zero attached hydrogens (tertiary/aromatic N) is 3. The highest BCUT2D eigenvalue weighted by molar-refractivity contribution is 7.93. The molecule has 0 bridgehead atoms. The van der Waals surface area contributed by atoms with Crippen LogP contribution in [0, 0.1) is 0 Å². The molecule has 0 radical (unpaired) electrons. The minimum atomic E-state index is -3.98. The molecule has 0 amide bonds. The van der Waals surface area contributed by atoms with Crippen molar-refractivity contribution in [2.24, 2.45) is 0 Å². The van der Waals surface area contributed by atoms with Gasteiger partial charge in [0.25, 0.3) is 10.0 Å². The Kier molecular flexibility index (Phi) is 6.16. The molecule has 3 heterocycles. The number of nitrogens with one attached hydrogen (secondary N) is 1. The molecule has 1 aromatic carbocycles. The molecule has 0 unspecified atom stereocenters. The van der Waals surface area contributed by atoms with Crippen molar-refractivity contribution in [3.05, 3.63) is 65.1 Å². The normalized spacial score (nSPS) is 11.4. The second kappa shape index (κ2) is 9.00. The Labute approximate surface area is 187 Å². The van der Waals surface area contributed by atoms with Crippen LogP contribution in [0.25, 0.3) is 16.3 Å². The lowest BCUT2D eigenvalue weighted by molar-refractivity contribution is -0.142. The number of benzene rings is 1. The first-order valence-electron chi connectivity index (χ1n) is 9.28. The van der Waals surface area contributed by atoms with Gasteiger partial charge >= 0.3 is 5.97 Å². The van der Waals surface area contributed by atoms with E-state index in [4.69, 9.17) is 4.74 Å². The van der Waals surface area contributed by atoms with Crippen LogP contribution in [0.15, 0.2) is 64.3 Å². The molecule has 11 heteroatoms. The first-order chi connectivity index (χ1) is 15.0. The summed E-state index contributed by atoms with van der Waals surface area (Å²) in [4.78, 5) is 16.6. The highest BCUT2D eigenvalue weighted by atomic mass is 32.2. The highest BCUT2D eigenvalue weighted by Gasteiger charge is 2.26. The van der Waals surface area contributed by atoms with E-state index < -0.39 is 16.0 Å². The molecule has 3 aromatic heterocycles. The summed E-state index contributed by atoms with van der Waals surface area (Å²) < 4.78 is 35.4. The minimum absolute atomic E-state index is 0.0154. The van der Waals surface area contributed by atoms with Gasteiger partial charge in [-0.2, -0.15) is 5.10 Å². The second-order valence-electron chi connectivity index (χ2n) is 6.33. The van der Waals surface area contributed by atoms with E-state index in [1.54, 1.807) is 12.3 Å². The van der Waals surface area contributed by atoms with Crippen molar-refractivity contribution in [2.45, 2.75) is 18.2 Å². The van der Waals surface area contributed by atoms with E-state index in [0.29, 0.717) is 11.4 Å². The van der Waals surface area contributed by atoms with Gasteiger partial charge in [0.1, 0.15) is 10.6 Å². The van der Waals surface area contributed by atoms with Gasteiger partial charge in [-0.25, -0.2) is 18.1 Å². The van der Waals surface area contributed by atoms with Gasteiger partial charge in [-0.3, -0.25) is 9.52 Å². The fourth-order valence-corrected chi connectivity index (χ4v) is 5.71. The molecule has 4 rings (SSSR count). The van der Waals surface area contributed by atoms with Gasteiger partial charge in [-0.1, -0.05) is 24.3 Å². The van der Waals surface area contributed by atoms with Gasteiger partial charge < -0.3 is 4.74 Å². The van der Waals surface area contributed by atoms with E-state index in [-0.39, 0.29) is 23.1 Å². The maximum atomic E-state index is 13.2. The molecule has 8 nitrogen and oxygen atoms in total. The van der Waals surface area contributed by atoms with Crippen molar-refractivity contribution < 1.29 is 17.9 Å². The number of esters is 1. The fourth-order valence-electron chi connectivity index (χ4n) is 2.82. The van der Waals surface area contributed by atoms with E-state index in [9.17, 15) is 13.2 Å². The average Bonchev–Trinajstić information content (AvgIpc) is 3.49. The highest BCUT2D eigenvalue weighted by Crippen LogP contribution is 2.32. The van der Waals surface area contributed by atoms with Crippen LogP contribution < -0.4 is 4.72 Å². The molecule has 160 valence electrons. The van der Waals surface area contributed by atoms with Gasteiger partial charge in [-0.05, 0) is 30.5 Å². The summed E-state index contributed by atoms with van der Waals surface area (Å²) in [5.41, 5.74) is 1.54. The smallest absolute Gasteiger partial charge is 0.311 e.